The van der Waals surface area contributed by atoms with Crippen LogP contribution in [0.1, 0.15) is 6.92 Å². The van der Waals surface area contributed by atoms with Crippen LogP contribution in [0.3, 0.4) is 0 Å². The van der Waals surface area contributed by atoms with Gasteiger partial charge < -0.3 is 5.73 Å². The fraction of sp³-hybridized carbons (Fsp3) is 0.400. The largest absolute Gasteiger partial charge is 0.393 e. The van der Waals surface area contributed by atoms with E-state index >= 15 is 0 Å². The molecule has 1 aromatic carbocycles. The summed E-state index contributed by atoms with van der Waals surface area (Å²) >= 11 is 0. The summed E-state index contributed by atoms with van der Waals surface area (Å²) < 4.78 is 48.5. The molecule has 0 radical (unpaired) electrons. The van der Waals surface area contributed by atoms with Crippen molar-refractivity contribution in [3.8, 4) is 0 Å². The molecule has 0 aliphatic carbocycles. The average Bonchev–Trinajstić information content (AvgIpc) is 2.38. The summed E-state index contributed by atoms with van der Waals surface area (Å²) in [6, 6.07) is 3.04. The topological polar surface area (TPSA) is 149 Å². The van der Waals surface area contributed by atoms with Crippen molar-refractivity contribution < 1.29 is 21.8 Å². The number of nitrogens with zero attached hydrogens (tertiary/aromatic N) is 1. The minimum Gasteiger partial charge on any atom is -0.393 e. The Hall–Kier alpha value is -1.72. The van der Waals surface area contributed by atoms with Crippen LogP contribution in [0.5, 0.6) is 0 Å². The van der Waals surface area contributed by atoms with Crippen molar-refractivity contribution in [3.63, 3.8) is 0 Å². The normalized spacial score (nSPS) is 12.2. The van der Waals surface area contributed by atoms with Gasteiger partial charge in [-0.3, -0.25) is 10.1 Å². The third kappa shape index (κ3) is 4.65. The van der Waals surface area contributed by atoms with Gasteiger partial charge in [-0.1, -0.05) is 6.92 Å². The second kappa shape index (κ2) is 6.37. The zero-order chi connectivity index (χ0) is 16.3. The van der Waals surface area contributed by atoms with Crippen molar-refractivity contribution in [3.05, 3.63) is 28.3 Å². The fourth-order valence-electron chi connectivity index (χ4n) is 1.41. The van der Waals surface area contributed by atoms with E-state index in [2.05, 4.69) is 4.72 Å². The molecule has 0 saturated carbocycles. The molecule has 1 aromatic rings. The number of hydrogen-bond donors (Lipinski definition) is 2. The van der Waals surface area contributed by atoms with E-state index in [0.717, 1.165) is 18.2 Å². The van der Waals surface area contributed by atoms with Crippen LogP contribution in [-0.4, -0.2) is 39.8 Å². The summed E-state index contributed by atoms with van der Waals surface area (Å²) in [6.07, 6.45) is 0. The van der Waals surface area contributed by atoms with E-state index in [0.29, 0.717) is 0 Å². The molecule has 0 saturated heterocycles. The van der Waals surface area contributed by atoms with Gasteiger partial charge in [0.1, 0.15) is 5.69 Å². The summed E-state index contributed by atoms with van der Waals surface area (Å²) in [6.45, 7) is 1.14. The summed E-state index contributed by atoms with van der Waals surface area (Å²) in [7, 11) is -7.35. The molecule has 0 fully saturated rings. The van der Waals surface area contributed by atoms with E-state index in [1.807, 2.05) is 0 Å². The molecule has 21 heavy (non-hydrogen) atoms. The SMILES string of the molecule is CCS(=O)(=O)CCNS(=O)(=O)c1ccc(N)c([N+](=O)[O-])c1. The molecule has 0 amide bonds. The molecule has 3 N–H and O–H groups in total. The highest BCUT2D eigenvalue weighted by Gasteiger charge is 2.20. The first kappa shape index (κ1) is 17.3. The third-order valence-corrected chi connectivity index (χ3v) is 5.82. The second-order valence-electron chi connectivity index (χ2n) is 4.11. The maximum Gasteiger partial charge on any atom is 0.293 e. The molecular formula is C10H15N3O6S2. The van der Waals surface area contributed by atoms with E-state index < -0.39 is 30.5 Å². The molecular weight excluding hydrogens is 322 g/mol. The second-order valence-corrected chi connectivity index (χ2v) is 8.35. The number of sulfonamides is 1. The molecule has 0 spiro atoms. The van der Waals surface area contributed by atoms with Crippen molar-refractivity contribution in [2.45, 2.75) is 11.8 Å². The Bertz CT molecular complexity index is 742. The maximum atomic E-state index is 11.9. The molecule has 0 heterocycles. The predicted octanol–water partition coefficient (Wildman–Crippen LogP) is -0.110. The fourth-order valence-corrected chi connectivity index (χ4v) is 3.29. The molecule has 118 valence electrons. The van der Waals surface area contributed by atoms with Gasteiger partial charge in [-0.25, -0.2) is 21.6 Å². The van der Waals surface area contributed by atoms with E-state index in [-0.39, 0.29) is 28.6 Å². The van der Waals surface area contributed by atoms with Gasteiger partial charge in [-0.05, 0) is 12.1 Å². The third-order valence-electron chi connectivity index (χ3n) is 2.65. The van der Waals surface area contributed by atoms with Crippen LogP contribution in [0.15, 0.2) is 23.1 Å². The van der Waals surface area contributed by atoms with Crippen LogP contribution in [-0.2, 0) is 19.9 Å². The number of sulfone groups is 1. The highest BCUT2D eigenvalue weighted by molar-refractivity contribution is 7.91. The zero-order valence-electron chi connectivity index (χ0n) is 11.1. The van der Waals surface area contributed by atoms with Gasteiger partial charge in [-0.15, -0.1) is 0 Å². The van der Waals surface area contributed by atoms with Crippen molar-refractivity contribution in [2.75, 3.05) is 23.8 Å². The number of hydrogen-bond acceptors (Lipinski definition) is 7. The number of nitrogen functional groups attached to an aromatic ring is 1. The average molecular weight is 337 g/mol. The van der Waals surface area contributed by atoms with E-state index in [1.54, 1.807) is 0 Å². The summed E-state index contributed by atoms with van der Waals surface area (Å²) in [5.41, 5.74) is 4.68. The lowest BCUT2D eigenvalue weighted by Crippen LogP contribution is -2.29. The van der Waals surface area contributed by atoms with Crippen LogP contribution in [0.2, 0.25) is 0 Å². The van der Waals surface area contributed by atoms with Crippen LogP contribution in [0, 0.1) is 10.1 Å². The Morgan fingerprint density at radius 1 is 1.29 bits per heavy atom. The number of rotatable bonds is 7. The zero-order valence-corrected chi connectivity index (χ0v) is 12.8. The van der Waals surface area contributed by atoms with Gasteiger partial charge in [0, 0.05) is 18.4 Å². The molecule has 0 bridgehead atoms. The van der Waals surface area contributed by atoms with Crippen molar-refractivity contribution in [2.24, 2.45) is 0 Å². The van der Waals surface area contributed by atoms with Gasteiger partial charge in [0.05, 0.1) is 15.6 Å². The number of anilines is 1. The van der Waals surface area contributed by atoms with Gasteiger partial charge >= 0.3 is 0 Å². The summed E-state index contributed by atoms with van der Waals surface area (Å²) in [5, 5.41) is 10.7. The van der Waals surface area contributed by atoms with Gasteiger partial charge in [-0.2, -0.15) is 0 Å². The first-order chi connectivity index (χ1) is 9.59. The van der Waals surface area contributed by atoms with Crippen LogP contribution in [0.25, 0.3) is 0 Å². The lowest BCUT2D eigenvalue weighted by atomic mass is 10.3. The Labute approximate surface area is 122 Å². The molecule has 1 rings (SSSR count). The Kier molecular flexibility index (Phi) is 5.25. The van der Waals surface area contributed by atoms with E-state index in [9.17, 15) is 26.9 Å². The predicted molar refractivity (Wildman–Crippen MR) is 77.0 cm³/mol. The highest BCUT2D eigenvalue weighted by Crippen LogP contribution is 2.24. The van der Waals surface area contributed by atoms with E-state index in [4.69, 9.17) is 5.73 Å². The molecule has 9 nitrogen and oxygen atoms in total. The smallest absolute Gasteiger partial charge is 0.293 e. The molecule has 0 aliphatic rings. The molecule has 0 aromatic heterocycles. The lowest BCUT2D eigenvalue weighted by Gasteiger charge is -2.07. The number of nitro benzene ring substituents is 1. The van der Waals surface area contributed by atoms with Crippen LogP contribution >= 0.6 is 0 Å². The van der Waals surface area contributed by atoms with Crippen molar-refractivity contribution >= 4 is 31.2 Å². The molecule has 0 unspecified atom stereocenters. The summed E-state index contributed by atoms with van der Waals surface area (Å²) in [4.78, 5) is 9.57. The Balaban J connectivity index is 2.94. The van der Waals surface area contributed by atoms with Crippen molar-refractivity contribution in [1.29, 1.82) is 0 Å². The molecule has 11 heteroatoms. The minimum absolute atomic E-state index is 0.0952. The highest BCUT2D eigenvalue weighted by atomic mass is 32.2. The van der Waals surface area contributed by atoms with Crippen molar-refractivity contribution in [1.82, 2.24) is 4.72 Å². The standard InChI is InChI=1S/C10H15N3O6S2/c1-2-20(16,17)6-5-12-21(18,19)8-3-4-9(11)10(7-8)13(14)15/h3-4,7,12H,2,5-6,11H2,1H3. The number of benzene rings is 1. The van der Waals surface area contributed by atoms with Gasteiger partial charge in [0.15, 0.2) is 9.84 Å². The Morgan fingerprint density at radius 3 is 2.43 bits per heavy atom. The van der Waals surface area contributed by atoms with Gasteiger partial charge in [0.2, 0.25) is 10.0 Å². The number of nitrogens with two attached hydrogens (primary N) is 1. The molecule has 0 aliphatic heterocycles. The first-order valence-corrected chi connectivity index (χ1v) is 9.13. The number of nitro groups is 1. The van der Waals surface area contributed by atoms with E-state index in [1.165, 1.54) is 6.92 Å². The van der Waals surface area contributed by atoms with Gasteiger partial charge in [0.25, 0.3) is 5.69 Å². The van der Waals surface area contributed by atoms with Crippen LogP contribution in [0.4, 0.5) is 11.4 Å². The minimum atomic E-state index is -4.04. The molecule has 0 atom stereocenters. The Morgan fingerprint density at radius 2 is 1.90 bits per heavy atom. The lowest BCUT2D eigenvalue weighted by molar-refractivity contribution is -0.384. The van der Waals surface area contributed by atoms with Crippen LogP contribution < -0.4 is 10.5 Å². The maximum absolute atomic E-state index is 11.9. The summed E-state index contributed by atoms with van der Waals surface area (Å²) in [5.74, 6) is -0.443. The monoisotopic (exact) mass is 337 g/mol. The quantitative estimate of drug-likeness (QED) is 0.400. The number of nitrogens with one attached hydrogen (secondary N) is 1. The first-order valence-electron chi connectivity index (χ1n) is 5.83.